The zero-order valence-electron chi connectivity index (χ0n) is 20.3. The molecule has 0 saturated carbocycles. The molecule has 2 N–H and O–H groups in total. The Labute approximate surface area is 206 Å². The summed E-state index contributed by atoms with van der Waals surface area (Å²) in [6, 6.07) is 11.5. The summed E-state index contributed by atoms with van der Waals surface area (Å²) in [6.45, 7) is 8.93. The van der Waals surface area contributed by atoms with Crippen molar-refractivity contribution in [2.24, 2.45) is 0 Å². The third-order valence-electron chi connectivity index (χ3n) is 6.07. The van der Waals surface area contributed by atoms with Crippen molar-refractivity contribution in [3.8, 4) is 11.5 Å². The predicted octanol–water partition coefficient (Wildman–Crippen LogP) is 3.91. The smallest absolute Gasteiger partial charge is 0.253 e. The lowest BCUT2D eigenvalue weighted by molar-refractivity contribution is 0.0746. The number of rotatable bonds is 4. The van der Waals surface area contributed by atoms with Crippen LogP contribution in [0.5, 0.6) is 11.5 Å². The Bertz CT molecular complexity index is 1170. The van der Waals surface area contributed by atoms with Crippen LogP contribution < -0.4 is 20.1 Å². The number of hydrogen-bond acceptors (Lipinski definition) is 7. The van der Waals surface area contributed by atoms with Crippen LogP contribution in [0.2, 0.25) is 0 Å². The molecule has 2 heterocycles. The molecule has 0 aliphatic carbocycles. The van der Waals surface area contributed by atoms with Gasteiger partial charge in [-0.3, -0.25) is 4.79 Å². The van der Waals surface area contributed by atoms with Crippen molar-refractivity contribution in [2.45, 2.75) is 26.2 Å². The van der Waals surface area contributed by atoms with E-state index < -0.39 is 0 Å². The van der Waals surface area contributed by atoms with E-state index in [1.165, 1.54) is 5.56 Å². The van der Waals surface area contributed by atoms with E-state index in [9.17, 15) is 4.79 Å². The second-order valence-electron chi connectivity index (χ2n) is 9.24. The van der Waals surface area contributed by atoms with E-state index >= 15 is 0 Å². The van der Waals surface area contributed by atoms with Crippen molar-refractivity contribution in [3.63, 3.8) is 0 Å². The highest BCUT2D eigenvalue weighted by Crippen LogP contribution is 2.34. The minimum atomic E-state index is 0. The van der Waals surface area contributed by atoms with Gasteiger partial charge in [0.25, 0.3) is 5.91 Å². The van der Waals surface area contributed by atoms with Gasteiger partial charge in [-0.25, -0.2) is 4.98 Å². The number of nitrogens with two attached hydrogens (primary N) is 1. The van der Waals surface area contributed by atoms with Gasteiger partial charge in [0.05, 0.1) is 19.7 Å². The van der Waals surface area contributed by atoms with E-state index in [0.717, 1.165) is 0 Å². The minimum absolute atomic E-state index is 0. The topological polar surface area (TPSA) is 93.8 Å². The molecule has 0 radical (unpaired) electrons. The first-order valence-corrected chi connectivity index (χ1v) is 11.1. The molecular weight excluding hydrogens is 454 g/mol. The maximum absolute atomic E-state index is 13.0. The number of carbonyl (C=O) groups excluding carboxylic acids is 1. The van der Waals surface area contributed by atoms with Gasteiger partial charge in [0, 0.05) is 43.2 Å². The predicted molar refractivity (Wildman–Crippen MR) is 138 cm³/mol. The lowest BCUT2D eigenvalue weighted by atomic mass is 9.86. The number of benzene rings is 2. The lowest BCUT2D eigenvalue weighted by Crippen LogP contribution is -2.49. The highest BCUT2D eigenvalue weighted by atomic mass is 35.5. The number of ether oxygens (including phenoxy) is 2. The minimum Gasteiger partial charge on any atom is -0.493 e. The third-order valence-corrected chi connectivity index (χ3v) is 6.07. The summed E-state index contributed by atoms with van der Waals surface area (Å²) in [5, 5.41) is 0.712. The number of nitrogen functional groups attached to an aromatic ring is 1. The number of halogens is 1. The largest absolute Gasteiger partial charge is 0.493 e. The quantitative estimate of drug-likeness (QED) is 0.598. The molecule has 34 heavy (non-hydrogen) atoms. The number of nitrogens with zero attached hydrogens (tertiary/aromatic N) is 4. The Hall–Kier alpha value is -3.26. The van der Waals surface area contributed by atoms with Crippen molar-refractivity contribution in [2.75, 3.05) is 51.0 Å². The molecule has 0 bridgehead atoms. The maximum atomic E-state index is 13.0. The second-order valence-corrected chi connectivity index (χ2v) is 9.24. The van der Waals surface area contributed by atoms with Gasteiger partial charge in [0.1, 0.15) is 5.82 Å². The molecule has 0 atom stereocenters. The molecule has 3 aromatic rings. The van der Waals surface area contributed by atoms with Gasteiger partial charge in [-0.15, -0.1) is 12.4 Å². The van der Waals surface area contributed by atoms with Crippen LogP contribution in [-0.4, -0.2) is 61.2 Å². The van der Waals surface area contributed by atoms with Gasteiger partial charge >= 0.3 is 0 Å². The molecule has 4 rings (SSSR count). The molecule has 1 fully saturated rings. The van der Waals surface area contributed by atoms with Gasteiger partial charge in [0.2, 0.25) is 5.95 Å². The van der Waals surface area contributed by atoms with Gasteiger partial charge in [-0.05, 0) is 29.2 Å². The van der Waals surface area contributed by atoms with E-state index in [0.29, 0.717) is 65.9 Å². The Morgan fingerprint density at radius 1 is 0.941 bits per heavy atom. The fourth-order valence-electron chi connectivity index (χ4n) is 4.01. The molecule has 1 aliphatic heterocycles. The third kappa shape index (κ3) is 4.97. The molecule has 0 unspecified atom stereocenters. The number of hydrogen-bond donors (Lipinski definition) is 1. The molecule has 8 nitrogen and oxygen atoms in total. The zero-order valence-corrected chi connectivity index (χ0v) is 21.1. The summed E-state index contributed by atoms with van der Waals surface area (Å²) in [7, 11) is 3.16. The summed E-state index contributed by atoms with van der Waals surface area (Å²) < 4.78 is 10.7. The molecule has 1 saturated heterocycles. The molecular formula is C25H32ClN5O3. The van der Waals surface area contributed by atoms with Crippen molar-refractivity contribution >= 4 is 41.0 Å². The average molecular weight is 486 g/mol. The van der Waals surface area contributed by atoms with Crippen LogP contribution in [-0.2, 0) is 5.41 Å². The maximum Gasteiger partial charge on any atom is 0.253 e. The number of carbonyl (C=O) groups is 1. The Kier molecular flexibility index (Phi) is 7.41. The summed E-state index contributed by atoms with van der Waals surface area (Å²) in [6.07, 6.45) is 0. The molecule has 182 valence electrons. The first-order chi connectivity index (χ1) is 15.7. The molecule has 1 amide bonds. The van der Waals surface area contributed by atoms with Crippen LogP contribution in [0, 0.1) is 0 Å². The molecule has 1 aliphatic rings. The number of fused-ring (bicyclic) bond motifs is 1. The number of amides is 1. The monoisotopic (exact) mass is 485 g/mol. The zero-order chi connectivity index (χ0) is 23.8. The van der Waals surface area contributed by atoms with Crippen LogP contribution in [0.4, 0.5) is 11.8 Å². The Morgan fingerprint density at radius 2 is 1.53 bits per heavy atom. The van der Waals surface area contributed by atoms with Crippen LogP contribution in [0.25, 0.3) is 10.9 Å². The van der Waals surface area contributed by atoms with E-state index in [1.54, 1.807) is 26.4 Å². The number of aromatic nitrogens is 2. The van der Waals surface area contributed by atoms with Crippen LogP contribution in [0.1, 0.15) is 36.7 Å². The highest BCUT2D eigenvalue weighted by Gasteiger charge is 2.25. The summed E-state index contributed by atoms with van der Waals surface area (Å²) in [5.41, 5.74) is 8.91. The Balaban J connectivity index is 0.00000324. The second kappa shape index (κ2) is 9.93. The lowest BCUT2D eigenvalue weighted by Gasteiger charge is -2.35. The van der Waals surface area contributed by atoms with Gasteiger partial charge in [0.15, 0.2) is 11.5 Å². The molecule has 9 heteroatoms. The van der Waals surface area contributed by atoms with Gasteiger partial charge in [-0.1, -0.05) is 32.9 Å². The van der Waals surface area contributed by atoms with Crippen molar-refractivity contribution in [1.29, 1.82) is 0 Å². The molecule has 1 aromatic heterocycles. The van der Waals surface area contributed by atoms with Crippen molar-refractivity contribution in [3.05, 3.63) is 47.5 Å². The summed E-state index contributed by atoms with van der Waals surface area (Å²) in [5.74, 6) is 2.14. The van der Waals surface area contributed by atoms with E-state index in [1.807, 2.05) is 29.2 Å². The fourth-order valence-corrected chi connectivity index (χ4v) is 4.01. The normalized spacial score (nSPS) is 14.0. The SMILES string of the molecule is COc1cc2nc(N3CCN(C(=O)c4ccc(C(C)(C)C)cc4)CC3)nc(N)c2cc1OC.Cl. The number of piperazine rings is 1. The summed E-state index contributed by atoms with van der Waals surface area (Å²) >= 11 is 0. The average Bonchev–Trinajstić information content (AvgIpc) is 2.82. The van der Waals surface area contributed by atoms with Crippen LogP contribution in [0.3, 0.4) is 0 Å². The summed E-state index contributed by atoms with van der Waals surface area (Å²) in [4.78, 5) is 26.1. The van der Waals surface area contributed by atoms with Gasteiger partial charge in [-0.2, -0.15) is 4.98 Å². The van der Waals surface area contributed by atoms with E-state index in [-0.39, 0.29) is 23.7 Å². The first kappa shape index (κ1) is 25.4. The Morgan fingerprint density at radius 3 is 2.09 bits per heavy atom. The molecule has 0 spiro atoms. The van der Waals surface area contributed by atoms with Gasteiger partial charge < -0.3 is 25.0 Å². The van der Waals surface area contributed by atoms with E-state index in [2.05, 4.69) is 30.7 Å². The first-order valence-electron chi connectivity index (χ1n) is 11.1. The van der Waals surface area contributed by atoms with Crippen molar-refractivity contribution < 1.29 is 14.3 Å². The molecule has 2 aromatic carbocycles. The van der Waals surface area contributed by atoms with Crippen molar-refractivity contribution in [1.82, 2.24) is 14.9 Å². The highest BCUT2D eigenvalue weighted by molar-refractivity contribution is 5.94. The number of methoxy groups -OCH3 is 2. The van der Waals surface area contributed by atoms with E-state index in [4.69, 9.17) is 20.2 Å². The standard InChI is InChI=1S/C25H31N5O3.ClH/c1-25(2,3)17-8-6-16(7-9-17)23(31)29-10-12-30(13-11-29)24-27-19-15-21(33-5)20(32-4)14-18(19)22(26)28-24;/h6-9,14-15H,10-13H2,1-5H3,(H2,26,27,28);1H. The fraction of sp³-hybridized carbons (Fsp3) is 0.400. The van der Waals surface area contributed by atoms with Crippen LogP contribution in [0.15, 0.2) is 36.4 Å². The van der Waals surface area contributed by atoms with Crippen LogP contribution >= 0.6 is 12.4 Å². The number of anilines is 2.